The summed E-state index contributed by atoms with van der Waals surface area (Å²) in [5.74, 6) is -8.41. The molecule has 0 spiro atoms. The van der Waals surface area contributed by atoms with E-state index in [0.717, 1.165) is 20.6 Å². The quantitative estimate of drug-likeness (QED) is 0.0348. The summed E-state index contributed by atoms with van der Waals surface area (Å²) in [7, 11) is 0. The third-order valence-electron chi connectivity index (χ3n) is 13.0. The number of benzene rings is 4. The maximum absolute atomic E-state index is 13.7. The standard InChI is InChI=1S/C52H55N7O17/c60-39(55-28-44(67)68)18-23-58-49(71)32-10-12-34-46-35(13-11-33(45(32)46)50(58)72)52(74)59(51(34)73)24-20-54-47(69)29-16-21-57(22-17-29)41(62)9-3-25-75-37-7-1-6-31-30(37)5-2-8-38(31)76-26-4-19-53-48(70)36(27-43(65)66)56-40(61)14-15-42(63)64/h1-2,5-8,10-13,29,36H,3-4,9,14-28H2,(H,53,70)(H,54,69)(H,55,60)(H,56,61)(H,63,64)(H,65,66)(H,67,68)/t36-/m0/s1. The maximum atomic E-state index is 13.7. The number of rotatable bonds is 26. The third kappa shape index (κ3) is 13.0. The fourth-order valence-electron chi connectivity index (χ4n) is 9.21. The van der Waals surface area contributed by atoms with Gasteiger partial charge in [-0.05, 0) is 62.1 Å². The van der Waals surface area contributed by atoms with Crippen LogP contribution in [0.25, 0.3) is 21.5 Å². The van der Waals surface area contributed by atoms with Crippen molar-refractivity contribution < 1.29 is 82.3 Å². The van der Waals surface area contributed by atoms with Crippen LogP contribution in [0.4, 0.5) is 0 Å². The Morgan fingerprint density at radius 3 is 1.63 bits per heavy atom. The van der Waals surface area contributed by atoms with Gasteiger partial charge in [0.25, 0.3) is 23.6 Å². The minimum Gasteiger partial charge on any atom is -0.493 e. The number of carboxylic acids is 3. The number of carbonyl (C=O) groups is 12. The molecule has 3 aliphatic rings. The molecule has 0 aliphatic carbocycles. The van der Waals surface area contributed by atoms with Crippen molar-refractivity contribution in [1.29, 1.82) is 0 Å². The SMILES string of the molecule is O=C(O)CCC(=O)N[C@@H](CC(=O)O)C(=O)NCCCOc1cccc2c(OCCCC(=O)N3CCC(C(=O)NCCN4C(=O)c5ccc6c7c(ccc(c57)C4=O)C(=O)N(CCC(=O)NCC(=O)O)C6=O)CC3)cccc12. The molecule has 3 aliphatic heterocycles. The number of hydrogen-bond acceptors (Lipinski definition) is 14. The van der Waals surface area contributed by atoms with Crippen molar-refractivity contribution in [1.82, 2.24) is 36.0 Å². The van der Waals surface area contributed by atoms with Gasteiger partial charge in [0.05, 0.1) is 26.1 Å². The van der Waals surface area contributed by atoms with Crippen LogP contribution in [0.3, 0.4) is 0 Å². The molecule has 0 aromatic heterocycles. The highest BCUT2D eigenvalue weighted by atomic mass is 16.5. The molecule has 0 saturated carbocycles. The van der Waals surface area contributed by atoms with E-state index in [0.29, 0.717) is 50.3 Å². The lowest BCUT2D eigenvalue weighted by Crippen LogP contribution is -2.48. The van der Waals surface area contributed by atoms with Gasteiger partial charge in [0, 0.05) is 108 Å². The Morgan fingerprint density at radius 1 is 0.566 bits per heavy atom. The second-order valence-corrected chi connectivity index (χ2v) is 18.1. The lowest BCUT2D eigenvalue weighted by atomic mass is 9.86. The highest BCUT2D eigenvalue weighted by Gasteiger charge is 2.40. The van der Waals surface area contributed by atoms with Gasteiger partial charge in [0.1, 0.15) is 24.1 Å². The zero-order chi connectivity index (χ0) is 54.6. The normalized spacial score (nSPS) is 14.6. The first-order valence-corrected chi connectivity index (χ1v) is 24.6. The van der Waals surface area contributed by atoms with Crippen LogP contribution in [0.1, 0.15) is 99.2 Å². The van der Waals surface area contributed by atoms with E-state index in [9.17, 15) is 62.6 Å². The lowest BCUT2D eigenvalue weighted by molar-refractivity contribution is -0.141. The van der Waals surface area contributed by atoms with Crippen molar-refractivity contribution in [2.24, 2.45) is 5.92 Å². The van der Waals surface area contributed by atoms with E-state index in [4.69, 9.17) is 19.7 Å². The van der Waals surface area contributed by atoms with Crippen molar-refractivity contribution in [2.75, 3.05) is 59.0 Å². The summed E-state index contributed by atoms with van der Waals surface area (Å²) in [6, 6.07) is 15.1. The molecule has 4 aromatic carbocycles. The van der Waals surface area contributed by atoms with Crippen molar-refractivity contribution in [3.05, 3.63) is 82.9 Å². The second kappa shape index (κ2) is 24.8. The molecule has 0 bridgehead atoms. The van der Waals surface area contributed by atoms with E-state index in [1.807, 2.05) is 12.1 Å². The van der Waals surface area contributed by atoms with Crippen LogP contribution in [0.2, 0.25) is 0 Å². The number of hydrogen-bond donors (Lipinski definition) is 7. The Bertz CT molecular complexity index is 2950. The number of imide groups is 2. The summed E-state index contributed by atoms with van der Waals surface area (Å²) in [5, 5.41) is 38.4. The monoisotopic (exact) mass is 1050 g/mol. The Balaban J connectivity index is 0.816. The van der Waals surface area contributed by atoms with E-state index < -0.39 is 97.0 Å². The number of nitrogens with one attached hydrogen (secondary N) is 4. The van der Waals surface area contributed by atoms with Gasteiger partial charge in [-0.15, -0.1) is 0 Å². The fraction of sp³-hybridized carbons (Fsp3) is 0.385. The second-order valence-electron chi connectivity index (χ2n) is 18.1. The molecule has 3 heterocycles. The predicted octanol–water partition coefficient (Wildman–Crippen LogP) is 1.70. The molecule has 7 rings (SSSR count). The molecule has 0 radical (unpaired) electrons. The number of nitrogens with zero attached hydrogens (tertiary/aromatic N) is 3. The molecule has 76 heavy (non-hydrogen) atoms. The molecule has 1 fully saturated rings. The van der Waals surface area contributed by atoms with Crippen LogP contribution in [0, 0.1) is 5.92 Å². The summed E-state index contributed by atoms with van der Waals surface area (Å²) < 4.78 is 12.1. The van der Waals surface area contributed by atoms with Crippen molar-refractivity contribution in [3.63, 3.8) is 0 Å². The first-order valence-electron chi connectivity index (χ1n) is 24.6. The van der Waals surface area contributed by atoms with Gasteiger partial charge in [-0.2, -0.15) is 0 Å². The zero-order valence-electron chi connectivity index (χ0n) is 41.1. The van der Waals surface area contributed by atoms with E-state index in [1.165, 1.54) is 24.3 Å². The summed E-state index contributed by atoms with van der Waals surface area (Å²) in [4.78, 5) is 154. The summed E-state index contributed by atoms with van der Waals surface area (Å²) in [5.41, 5.74) is 0.305. The van der Waals surface area contributed by atoms with E-state index in [1.54, 1.807) is 29.2 Å². The van der Waals surface area contributed by atoms with Gasteiger partial charge in [-0.1, -0.05) is 24.3 Å². The maximum Gasteiger partial charge on any atom is 0.322 e. The largest absolute Gasteiger partial charge is 0.493 e. The van der Waals surface area contributed by atoms with Gasteiger partial charge >= 0.3 is 17.9 Å². The van der Waals surface area contributed by atoms with Gasteiger partial charge in [-0.25, -0.2) is 0 Å². The number of carboxylic acid groups (broad SMARTS) is 3. The average Bonchev–Trinajstić information content (AvgIpc) is 3.47. The Labute approximate surface area is 433 Å². The van der Waals surface area contributed by atoms with E-state index >= 15 is 0 Å². The summed E-state index contributed by atoms with van der Waals surface area (Å²) >= 11 is 0. The number of fused-ring (bicyclic) bond motifs is 1. The molecule has 24 heteroatoms. The Kier molecular flexibility index (Phi) is 17.9. The lowest BCUT2D eigenvalue weighted by Gasteiger charge is -2.32. The highest BCUT2D eigenvalue weighted by molar-refractivity contribution is 6.33. The molecule has 4 aromatic rings. The zero-order valence-corrected chi connectivity index (χ0v) is 41.1. The van der Waals surface area contributed by atoms with Crippen molar-refractivity contribution in [2.45, 2.75) is 63.8 Å². The molecule has 7 N–H and O–H groups in total. The Hall–Kier alpha value is -8.96. The molecule has 1 atom stereocenters. The number of aliphatic carboxylic acids is 3. The third-order valence-corrected chi connectivity index (χ3v) is 13.0. The van der Waals surface area contributed by atoms with Crippen molar-refractivity contribution in [3.8, 4) is 11.5 Å². The van der Waals surface area contributed by atoms with Crippen LogP contribution in [0.15, 0.2) is 60.7 Å². The average molecular weight is 1050 g/mol. The molecular formula is C52H55N7O17. The van der Waals surface area contributed by atoms with Gasteiger partial charge in [0.2, 0.25) is 29.5 Å². The molecule has 0 unspecified atom stereocenters. The van der Waals surface area contributed by atoms with Crippen LogP contribution in [0.5, 0.6) is 11.5 Å². The minimum absolute atomic E-state index is 0.0489. The van der Waals surface area contributed by atoms with Gasteiger partial charge in [0.15, 0.2) is 0 Å². The van der Waals surface area contributed by atoms with Crippen molar-refractivity contribution >= 4 is 92.6 Å². The fourth-order valence-corrected chi connectivity index (χ4v) is 9.21. The molecular weight excluding hydrogens is 995 g/mol. The summed E-state index contributed by atoms with van der Waals surface area (Å²) in [6.07, 6.45) is -0.124. The number of ether oxygens (including phenoxy) is 2. The van der Waals surface area contributed by atoms with Crippen LogP contribution >= 0.6 is 0 Å². The first kappa shape index (κ1) is 54.8. The number of amides is 9. The molecule has 24 nitrogen and oxygen atoms in total. The highest BCUT2D eigenvalue weighted by Crippen LogP contribution is 2.38. The summed E-state index contributed by atoms with van der Waals surface area (Å²) in [6.45, 7) is 0.0687. The minimum atomic E-state index is -1.38. The van der Waals surface area contributed by atoms with Crippen LogP contribution < -0.4 is 30.7 Å². The topological polar surface area (TPSA) is 342 Å². The first-order chi connectivity index (χ1) is 36.4. The number of likely N-dealkylation sites (tertiary alicyclic amines) is 1. The van der Waals surface area contributed by atoms with Gasteiger partial charge < -0.3 is 51.0 Å². The Morgan fingerprint density at radius 2 is 1.11 bits per heavy atom. The number of piperidine rings is 1. The number of carbonyl (C=O) groups excluding carboxylic acids is 9. The predicted molar refractivity (Wildman–Crippen MR) is 265 cm³/mol. The molecule has 9 amide bonds. The van der Waals surface area contributed by atoms with Crippen LogP contribution in [-0.4, -0.2) is 166 Å². The van der Waals surface area contributed by atoms with E-state index in [2.05, 4.69) is 21.3 Å². The van der Waals surface area contributed by atoms with Gasteiger partial charge in [-0.3, -0.25) is 67.3 Å². The van der Waals surface area contributed by atoms with Crippen LogP contribution in [-0.2, 0) is 38.4 Å². The smallest absolute Gasteiger partial charge is 0.322 e. The van der Waals surface area contributed by atoms with E-state index in [-0.39, 0.29) is 97.1 Å². The molecule has 400 valence electrons. The molecule has 1 saturated heterocycles.